The minimum atomic E-state index is -1.58. The number of hydrogen-bond acceptors (Lipinski definition) is 4. The molecule has 5 rings (SSSR count). The van der Waals surface area contributed by atoms with Crippen LogP contribution in [0.3, 0.4) is 0 Å². The molecule has 2 saturated heterocycles. The van der Waals surface area contributed by atoms with Gasteiger partial charge in [0, 0.05) is 37.1 Å². The van der Waals surface area contributed by atoms with Crippen molar-refractivity contribution in [2.75, 3.05) is 26.2 Å². The molecule has 1 saturated carbocycles. The van der Waals surface area contributed by atoms with Crippen LogP contribution in [0.15, 0.2) is 30.3 Å². The summed E-state index contributed by atoms with van der Waals surface area (Å²) >= 11 is 6.32. The fourth-order valence-electron chi connectivity index (χ4n) is 5.50. The number of rotatable bonds is 8. The van der Waals surface area contributed by atoms with Crippen LogP contribution in [0.25, 0.3) is 0 Å². The van der Waals surface area contributed by atoms with Gasteiger partial charge in [-0.1, -0.05) is 29.3 Å². The van der Waals surface area contributed by atoms with E-state index >= 15 is 8.78 Å². The Kier molecular flexibility index (Phi) is 7.84. The van der Waals surface area contributed by atoms with E-state index in [1.807, 2.05) is 25.1 Å². The van der Waals surface area contributed by atoms with Crippen LogP contribution >= 0.6 is 11.6 Å². The number of likely N-dealkylation sites (tertiary alicyclic amines) is 2. The van der Waals surface area contributed by atoms with Crippen molar-refractivity contribution in [2.24, 2.45) is 0 Å². The lowest BCUT2D eigenvalue weighted by Crippen LogP contribution is -2.44. The number of hydrogen-bond donors (Lipinski definition) is 1. The van der Waals surface area contributed by atoms with Crippen LogP contribution < -0.4 is 4.74 Å². The first-order chi connectivity index (χ1) is 18.5. The number of carbonyl (C=O) groups is 2. The highest BCUT2D eigenvalue weighted by atomic mass is 35.5. The maximum Gasteiger partial charge on any atom is 0.326 e. The molecule has 2 heterocycles. The van der Waals surface area contributed by atoms with Crippen molar-refractivity contribution >= 4 is 23.5 Å². The first kappa shape index (κ1) is 27.8. The SMILES string of the molecule is Cc1ccc(Cl)c(CN2CCC(F)(COc3cc(F)c(C(=O)N4C[C@H](F)C[C@H]4C(=O)O)cc3C3CC3)CC2)c1. The first-order valence-corrected chi connectivity index (χ1v) is 13.7. The van der Waals surface area contributed by atoms with Gasteiger partial charge in [-0.25, -0.2) is 18.0 Å². The van der Waals surface area contributed by atoms with Gasteiger partial charge in [0.15, 0.2) is 0 Å². The third kappa shape index (κ3) is 6.19. The molecule has 0 unspecified atom stereocenters. The summed E-state index contributed by atoms with van der Waals surface area (Å²) in [6, 6.07) is 6.96. The van der Waals surface area contributed by atoms with Gasteiger partial charge in [-0.15, -0.1) is 0 Å². The maximum atomic E-state index is 15.7. The molecule has 210 valence electrons. The van der Waals surface area contributed by atoms with E-state index in [0.717, 1.165) is 34.9 Å². The standard InChI is InChI=1S/C29H32ClF3N2O4/c1-17-2-5-23(30)19(10-17)14-34-8-6-29(33,7-9-34)16-39-26-13-24(32)22(12-21(26)18-3-4-18)27(36)35-15-20(31)11-25(35)28(37)38/h2,5,10,12-13,18,20,25H,3-4,6-9,11,14-16H2,1H3,(H,37,38)/t20-,25+/m1/s1. The van der Waals surface area contributed by atoms with Gasteiger partial charge >= 0.3 is 5.97 Å². The Hall–Kier alpha value is -2.78. The number of halogens is 4. The van der Waals surface area contributed by atoms with E-state index < -0.39 is 42.1 Å². The van der Waals surface area contributed by atoms with Crippen molar-refractivity contribution in [3.05, 3.63) is 63.4 Å². The van der Waals surface area contributed by atoms with Gasteiger partial charge < -0.3 is 14.7 Å². The monoisotopic (exact) mass is 564 g/mol. The van der Waals surface area contributed by atoms with E-state index in [0.29, 0.717) is 30.2 Å². The van der Waals surface area contributed by atoms with Gasteiger partial charge in [0.2, 0.25) is 0 Å². The lowest BCUT2D eigenvalue weighted by molar-refractivity contribution is -0.141. The minimum absolute atomic E-state index is 0.0476. The Morgan fingerprint density at radius 2 is 1.90 bits per heavy atom. The quantitative estimate of drug-likeness (QED) is 0.446. The number of carboxylic acids is 1. The van der Waals surface area contributed by atoms with Gasteiger partial charge in [0.1, 0.15) is 36.1 Å². The number of aliphatic carboxylic acids is 1. The predicted octanol–water partition coefficient (Wildman–Crippen LogP) is 5.69. The summed E-state index contributed by atoms with van der Waals surface area (Å²) in [5.74, 6) is -2.85. The lowest BCUT2D eigenvalue weighted by atomic mass is 9.93. The normalized spacial score (nSPS) is 23.2. The predicted molar refractivity (Wildman–Crippen MR) is 140 cm³/mol. The van der Waals surface area contributed by atoms with Crippen molar-refractivity contribution < 1.29 is 32.6 Å². The Morgan fingerprint density at radius 3 is 2.56 bits per heavy atom. The molecule has 1 N–H and O–H groups in total. The van der Waals surface area contributed by atoms with E-state index in [1.54, 1.807) is 0 Å². The average Bonchev–Trinajstić information content (AvgIpc) is 3.66. The molecule has 6 nitrogen and oxygen atoms in total. The number of amides is 1. The molecule has 0 aromatic heterocycles. The molecule has 1 aliphatic carbocycles. The van der Waals surface area contributed by atoms with Gasteiger partial charge in [0.05, 0.1) is 12.1 Å². The Bertz CT molecular complexity index is 1260. The van der Waals surface area contributed by atoms with Crippen LogP contribution in [0.4, 0.5) is 13.2 Å². The molecule has 39 heavy (non-hydrogen) atoms. The molecule has 2 aromatic rings. The van der Waals surface area contributed by atoms with Gasteiger partial charge in [-0.2, -0.15) is 0 Å². The van der Waals surface area contributed by atoms with Crippen molar-refractivity contribution in [3.8, 4) is 5.75 Å². The molecule has 0 radical (unpaired) electrons. The highest BCUT2D eigenvalue weighted by Crippen LogP contribution is 2.46. The van der Waals surface area contributed by atoms with E-state index in [9.17, 15) is 19.1 Å². The maximum absolute atomic E-state index is 15.7. The molecule has 2 atom stereocenters. The molecule has 3 aliphatic rings. The van der Waals surface area contributed by atoms with Gasteiger partial charge in [-0.05, 0) is 61.8 Å². The smallest absolute Gasteiger partial charge is 0.326 e. The molecule has 0 bridgehead atoms. The lowest BCUT2D eigenvalue weighted by Gasteiger charge is -2.36. The Morgan fingerprint density at radius 1 is 1.18 bits per heavy atom. The van der Waals surface area contributed by atoms with Crippen LogP contribution in [0, 0.1) is 12.7 Å². The third-order valence-electron chi connectivity index (χ3n) is 7.98. The van der Waals surface area contributed by atoms with Crippen LogP contribution in [-0.2, 0) is 11.3 Å². The summed E-state index contributed by atoms with van der Waals surface area (Å²) in [6.07, 6.45) is 0.341. The summed E-state index contributed by atoms with van der Waals surface area (Å²) in [5, 5.41) is 10.1. The Balaban J connectivity index is 1.25. The molecule has 3 fully saturated rings. The van der Waals surface area contributed by atoms with Crippen LogP contribution in [0.5, 0.6) is 5.75 Å². The fourth-order valence-corrected chi connectivity index (χ4v) is 5.68. The summed E-state index contributed by atoms with van der Waals surface area (Å²) in [7, 11) is 0. The molecule has 2 aliphatic heterocycles. The van der Waals surface area contributed by atoms with Crippen LogP contribution in [0.2, 0.25) is 5.02 Å². The zero-order valence-corrected chi connectivity index (χ0v) is 22.5. The zero-order valence-electron chi connectivity index (χ0n) is 21.8. The molecule has 0 spiro atoms. The van der Waals surface area contributed by atoms with E-state index in [4.69, 9.17) is 16.3 Å². The second-order valence-electron chi connectivity index (χ2n) is 11.1. The number of carbonyl (C=O) groups excluding carboxylic acids is 1. The van der Waals surface area contributed by atoms with Gasteiger partial charge in [0.25, 0.3) is 5.91 Å². The number of ether oxygens (including phenoxy) is 1. The zero-order chi connectivity index (χ0) is 27.9. The van der Waals surface area contributed by atoms with E-state index in [-0.39, 0.29) is 43.1 Å². The third-order valence-corrected chi connectivity index (χ3v) is 8.35. The van der Waals surface area contributed by atoms with Crippen molar-refractivity contribution in [2.45, 2.75) is 69.4 Å². The van der Waals surface area contributed by atoms with Crippen LogP contribution in [-0.4, -0.2) is 70.9 Å². The summed E-state index contributed by atoms with van der Waals surface area (Å²) in [5.41, 5.74) is 0.809. The van der Waals surface area contributed by atoms with Crippen molar-refractivity contribution in [1.82, 2.24) is 9.80 Å². The summed E-state index contributed by atoms with van der Waals surface area (Å²) in [6.45, 7) is 3.04. The minimum Gasteiger partial charge on any atom is -0.490 e. The second-order valence-corrected chi connectivity index (χ2v) is 11.5. The average molecular weight is 565 g/mol. The largest absolute Gasteiger partial charge is 0.490 e. The summed E-state index contributed by atoms with van der Waals surface area (Å²) in [4.78, 5) is 27.6. The molecule has 10 heteroatoms. The number of alkyl halides is 2. The molecule has 1 amide bonds. The molecule has 2 aromatic carbocycles. The van der Waals surface area contributed by atoms with Gasteiger partial charge in [-0.3, -0.25) is 9.69 Å². The fraction of sp³-hybridized carbons (Fsp3) is 0.517. The summed E-state index contributed by atoms with van der Waals surface area (Å²) < 4.78 is 50.6. The highest BCUT2D eigenvalue weighted by molar-refractivity contribution is 6.31. The number of carboxylic acid groups (broad SMARTS) is 1. The Labute approximate surface area is 230 Å². The van der Waals surface area contributed by atoms with E-state index in [2.05, 4.69) is 4.90 Å². The molecular weight excluding hydrogens is 533 g/mol. The number of aryl methyl sites for hydroxylation is 1. The highest BCUT2D eigenvalue weighted by Gasteiger charge is 2.42. The van der Waals surface area contributed by atoms with E-state index in [1.165, 1.54) is 6.07 Å². The number of piperidine rings is 1. The topological polar surface area (TPSA) is 70.1 Å². The van der Waals surface area contributed by atoms with Crippen molar-refractivity contribution in [3.63, 3.8) is 0 Å². The van der Waals surface area contributed by atoms with Crippen molar-refractivity contribution in [1.29, 1.82) is 0 Å². The molecular formula is C29H32ClF3N2O4. The number of benzene rings is 2. The number of nitrogens with zero attached hydrogens (tertiary/aromatic N) is 2. The second kappa shape index (κ2) is 11.0. The van der Waals surface area contributed by atoms with Crippen LogP contribution in [0.1, 0.15) is 65.1 Å². The first-order valence-electron chi connectivity index (χ1n) is 13.3.